The maximum atomic E-state index is 11.2. The molecule has 0 amide bonds. The number of esters is 1. The third kappa shape index (κ3) is 3.37. The van der Waals surface area contributed by atoms with E-state index in [1.165, 1.54) is 7.11 Å². The number of hydrogen-bond donors (Lipinski definition) is 0. The second kappa shape index (κ2) is 6.57. The average molecular weight is 310 g/mol. The maximum Gasteiger partial charge on any atom is 0.305 e. The summed E-state index contributed by atoms with van der Waals surface area (Å²) >= 11 is 0. The molecule has 0 aliphatic heterocycles. The smallest absolute Gasteiger partial charge is 0.305 e. The second-order valence-corrected chi connectivity index (χ2v) is 5.29. The van der Waals surface area contributed by atoms with Gasteiger partial charge in [0.2, 0.25) is 0 Å². The molecule has 0 radical (unpaired) electrons. The van der Waals surface area contributed by atoms with E-state index in [-0.39, 0.29) is 5.97 Å². The number of methoxy groups -OCH3 is 2. The van der Waals surface area contributed by atoms with Gasteiger partial charge in [-0.25, -0.2) is 0 Å². The highest BCUT2D eigenvalue weighted by Gasteiger charge is 2.09. The highest BCUT2D eigenvalue weighted by Crippen LogP contribution is 2.30. The Bertz CT molecular complexity index is 832. The monoisotopic (exact) mass is 310 g/mol. The van der Waals surface area contributed by atoms with Crippen LogP contribution in [0.15, 0.2) is 52.9 Å². The fraction of sp³-hybridized carbons (Fsp3) is 0.211. The van der Waals surface area contributed by atoms with Crippen molar-refractivity contribution in [1.29, 1.82) is 0 Å². The van der Waals surface area contributed by atoms with Gasteiger partial charge >= 0.3 is 5.97 Å². The molecular weight excluding hydrogens is 292 g/mol. The molecule has 1 aromatic heterocycles. The lowest BCUT2D eigenvalue weighted by atomic mass is 10.1. The van der Waals surface area contributed by atoms with Crippen molar-refractivity contribution in [1.82, 2.24) is 0 Å². The van der Waals surface area contributed by atoms with Gasteiger partial charge in [-0.05, 0) is 42.3 Å². The summed E-state index contributed by atoms with van der Waals surface area (Å²) in [4.78, 5) is 11.2. The van der Waals surface area contributed by atoms with E-state index in [9.17, 15) is 4.79 Å². The first-order valence-electron chi connectivity index (χ1n) is 7.43. The molecule has 0 spiro atoms. The van der Waals surface area contributed by atoms with Crippen LogP contribution in [0.3, 0.4) is 0 Å². The van der Waals surface area contributed by atoms with Crippen LogP contribution in [0.2, 0.25) is 0 Å². The van der Waals surface area contributed by atoms with Crippen LogP contribution >= 0.6 is 0 Å². The van der Waals surface area contributed by atoms with E-state index >= 15 is 0 Å². The van der Waals surface area contributed by atoms with E-state index in [4.69, 9.17) is 9.15 Å². The Labute approximate surface area is 134 Å². The molecule has 0 fully saturated rings. The zero-order valence-corrected chi connectivity index (χ0v) is 13.2. The summed E-state index contributed by atoms with van der Waals surface area (Å²) in [5.74, 6) is 1.39. The van der Waals surface area contributed by atoms with Crippen LogP contribution in [0, 0.1) is 0 Å². The molecule has 4 heteroatoms. The second-order valence-electron chi connectivity index (χ2n) is 5.29. The average Bonchev–Trinajstić information content (AvgIpc) is 3.03. The first-order chi connectivity index (χ1) is 11.2. The maximum absolute atomic E-state index is 11.2. The highest BCUT2D eigenvalue weighted by molar-refractivity contribution is 5.83. The lowest BCUT2D eigenvalue weighted by molar-refractivity contribution is -0.140. The first-order valence-corrected chi connectivity index (χ1v) is 7.43. The minimum Gasteiger partial charge on any atom is -0.497 e. The molecule has 3 rings (SSSR count). The molecule has 0 aliphatic rings. The number of furan rings is 1. The van der Waals surface area contributed by atoms with Crippen molar-refractivity contribution in [3.63, 3.8) is 0 Å². The molecule has 0 bridgehead atoms. The van der Waals surface area contributed by atoms with Crippen LogP contribution in [-0.2, 0) is 16.0 Å². The minimum atomic E-state index is -0.200. The Balaban J connectivity index is 1.88. The number of rotatable bonds is 5. The fourth-order valence-electron chi connectivity index (χ4n) is 2.52. The van der Waals surface area contributed by atoms with Crippen molar-refractivity contribution >= 4 is 16.9 Å². The van der Waals surface area contributed by atoms with Gasteiger partial charge in [0.25, 0.3) is 0 Å². The molecule has 2 aromatic carbocycles. The summed E-state index contributed by atoms with van der Waals surface area (Å²) in [7, 11) is 3.05. The molecule has 0 saturated carbocycles. The molecule has 0 atom stereocenters. The molecule has 4 nitrogen and oxygen atoms in total. The Morgan fingerprint density at radius 2 is 1.96 bits per heavy atom. The van der Waals surface area contributed by atoms with Gasteiger partial charge < -0.3 is 13.9 Å². The van der Waals surface area contributed by atoms with Gasteiger partial charge in [0.15, 0.2) is 0 Å². The number of carbonyl (C=O) groups is 1. The molecule has 3 aromatic rings. The topological polar surface area (TPSA) is 48.7 Å². The van der Waals surface area contributed by atoms with E-state index in [0.29, 0.717) is 12.8 Å². The summed E-state index contributed by atoms with van der Waals surface area (Å²) in [6, 6.07) is 15.7. The predicted octanol–water partition coefficient (Wildman–Crippen LogP) is 4.21. The Morgan fingerprint density at radius 3 is 2.74 bits per heavy atom. The quantitative estimate of drug-likeness (QED) is 0.662. The predicted molar refractivity (Wildman–Crippen MR) is 88.5 cm³/mol. The lowest BCUT2D eigenvalue weighted by Crippen LogP contribution is -2.01. The van der Waals surface area contributed by atoms with Gasteiger partial charge in [-0.2, -0.15) is 0 Å². The van der Waals surface area contributed by atoms with Gasteiger partial charge in [-0.1, -0.05) is 18.2 Å². The van der Waals surface area contributed by atoms with Gasteiger partial charge in [0.1, 0.15) is 17.1 Å². The Kier molecular flexibility index (Phi) is 4.33. The van der Waals surface area contributed by atoms with E-state index in [1.54, 1.807) is 7.11 Å². The Hall–Kier alpha value is -2.75. The molecule has 118 valence electrons. The molecule has 23 heavy (non-hydrogen) atoms. The van der Waals surface area contributed by atoms with Gasteiger partial charge in [-0.3, -0.25) is 4.79 Å². The van der Waals surface area contributed by atoms with Crippen LogP contribution in [0.4, 0.5) is 0 Å². The van der Waals surface area contributed by atoms with Crippen molar-refractivity contribution in [2.24, 2.45) is 0 Å². The van der Waals surface area contributed by atoms with Gasteiger partial charge in [0, 0.05) is 17.4 Å². The van der Waals surface area contributed by atoms with Crippen molar-refractivity contribution < 1.29 is 18.7 Å². The van der Waals surface area contributed by atoms with Gasteiger partial charge in [-0.15, -0.1) is 0 Å². The molecule has 0 unspecified atom stereocenters. The third-order valence-electron chi connectivity index (χ3n) is 3.78. The molecule has 1 heterocycles. The zero-order chi connectivity index (χ0) is 16.2. The van der Waals surface area contributed by atoms with Crippen LogP contribution in [0.1, 0.15) is 12.0 Å². The number of aryl methyl sites for hydroxylation is 1. The van der Waals surface area contributed by atoms with Crippen LogP contribution in [0.5, 0.6) is 5.75 Å². The number of hydrogen-bond acceptors (Lipinski definition) is 4. The largest absolute Gasteiger partial charge is 0.497 e. The number of benzene rings is 2. The summed E-state index contributed by atoms with van der Waals surface area (Å²) in [5.41, 5.74) is 2.88. The first kappa shape index (κ1) is 15.2. The molecular formula is C19H18O4. The van der Waals surface area contributed by atoms with Crippen molar-refractivity contribution in [2.45, 2.75) is 12.8 Å². The summed E-state index contributed by atoms with van der Waals surface area (Å²) in [5, 5.41) is 1.02. The van der Waals surface area contributed by atoms with Crippen LogP contribution < -0.4 is 4.74 Å². The van der Waals surface area contributed by atoms with E-state index in [2.05, 4.69) is 4.74 Å². The third-order valence-corrected chi connectivity index (χ3v) is 3.78. The van der Waals surface area contributed by atoms with E-state index < -0.39 is 0 Å². The Morgan fingerprint density at radius 1 is 1.09 bits per heavy atom. The zero-order valence-electron chi connectivity index (χ0n) is 13.2. The molecule has 0 saturated heterocycles. The number of ether oxygens (including phenoxy) is 2. The van der Waals surface area contributed by atoms with E-state index in [0.717, 1.165) is 33.6 Å². The van der Waals surface area contributed by atoms with Gasteiger partial charge in [0.05, 0.1) is 14.2 Å². The van der Waals surface area contributed by atoms with Crippen LogP contribution in [-0.4, -0.2) is 20.2 Å². The number of carbonyl (C=O) groups excluding carboxylic acids is 1. The normalized spacial score (nSPS) is 10.7. The highest BCUT2D eigenvalue weighted by atomic mass is 16.5. The lowest BCUT2D eigenvalue weighted by Gasteiger charge is -2.01. The summed E-state index contributed by atoms with van der Waals surface area (Å²) < 4.78 is 15.8. The molecule has 0 N–H and O–H groups in total. The van der Waals surface area contributed by atoms with Crippen LogP contribution in [0.25, 0.3) is 22.3 Å². The van der Waals surface area contributed by atoms with Crippen molar-refractivity contribution in [2.75, 3.05) is 14.2 Å². The SMILES string of the molecule is COC(=O)CCc1ccc2oc(-c3cccc(OC)c3)cc2c1. The van der Waals surface area contributed by atoms with Crippen molar-refractivity contribution in [3.05, 3.63) is 54.1 Å². The summed E-state index contributed by atoms with van der Waals surface area (Å²) in [6.07, 6.45) is 1.03. The molecule has 0 aliphatic carbocycles. The minimum absolute atomic E-state index is 0.200. The fourth-order valence-corrected chi connectivity index (χ4v) is 2.52. The standard InChI is InChI=1S/C19H18O4/c1-21-16-5-3-4-14(11-16)18-12-15-10-13(6-8-17(15)23-18)7-9-19(20)22-2/h3-6,8,10-12H,7,9H2,1-2H3. The van der Waals surface area contributed by atoms with Crippen molar-refractivity contribution in [3.8, 4) is 17.1 Å². The number of fused-ring (bicyclic) bond motifs is 1. The summed E-state index contributed by atoms with van der Waals surface area (Å²) in [6.45, 7) is 0. The van der Waals surface area contributed by atoms with E-state index in [1.807, 2.05) is 48.5 Å².